The molecule has 74 valence electrons. The molecule has 1 atom stereocenters. The van der Waals surface area contributed by atoms with Crippen LogP contribution < -0.4 is 15.8 Å². The number of amides is 3. The van der Waals surface area contributed by atoms with Crippen molar-refractivity contribution in [2.75, 3.05) is 5.75 Å². The zero-order chi connectivity index (χ0) is 10.3. The molecule has 0 aromatic carbocycles. The highest BCUT2D eigenvalue weighted by molar-refractivity contribution is 7.89. The Morgan fingerprint density at radius 2 is 2.00 bits per heavy atom. The van der Waals surface area contributed by atoms with Gasteiger partial charge in [0.05, 0.1) is 5.75 Å². The standard InChI is InChI=1S/C5H9N3O4S/c1-5(2-13(6,11)12)3(9)7-4(10)8-5/h2H2,1H3,(H2,6,11,12)(H2,7,8,9,10)/t5-/m1/s1. The first-order chi connectivity index (χ1) is 5.73. The minimum absolute atomic E-state index is 0.614. The third kappa shape index (κ3) is 2.16. The van der Waals surface area contributed by atoms with Gasteiger partial charge in [-0.3, -0.25) is 10.1 Å². The van der Waals surface area contributed by atoms with Crippen LogP contribution in [0, 0.1) is 0 Å². The molecule has 0 aromatic heterocycles. The lowest BCUT2D eigenvalue weighted by Crippen LogP contribution is -2.50. The summed E-state index contributed by atoms with van der Waals surface area (Å²) in [5, 5.41) is 8.85. The van der Waals surface area contributed by atoms with E-state index in [1.165, 1.54) is 6.92 Å². The Morgan fingerprint density at radius 3 is 2.31 bits per heavy atom. The number of imide groups is 1. The Hall–Kier alpha value is -1.15. The number of carbonyl (C=O) groups excluding carboxylic acids is 2. The van der Waals surface area contributed by atoms with Crippen LogP contribution in [0.3, 0.4) is 0 Å². The lowest BCUT2D eigenvalue weighted by atomic mass is 10.1. The molecule has 0 saturated carbocycles. The van der Waals surface area contributed by atoms with E-state index in [0.717, 1.165) is 0 Å². The number of sulfonamides is 1. The zero-order valence-corrected chi connectivity index (χ0v) is 7.64. The van der Waals surface area contributed by atoms with E-state index in [1.807, 2.05) is 5.32 Å². The van der Waals surface area contributed by atoms with Crippen molar-refractivity contribution in [3.63, 3.8) is 0 Å². The molecule has 1 rings (SSSR count). The predicted octanol–water partition coefficient (Wildman–Crippen LogP) is -2.13. The van der Waals surface area contributed by atoms with E-state index in [0.29, 0.717) is 0 Å². The number of nitrogens with one attached hydrogen (secondary N) is 2. The normalized spacial score (nSPS) is 28.5. The van der Waals surface area contributed by atoms with Gasteiger partial charge in [-0.1, -0.05) is 0 Å². The first-order valence-corrected chi connectivity index (χ1v) is 5.08. The Morgan fingerprint density at radius 1 is 1.46 bits per heavy atom. The van der Waals surface area contributed by atoms with Crippen LogP contribution in [-0.2, 0) is 14.8 Å². The summed E-state index contributed by atoms with van der Waals surface area (Å²) in [5.74, 6) is -1.30. The third-order valence-corrected chi connectivity index (χ3v) is 2.59. The third-order valence-electron chi connectivity index (χ3n) is 1.61. The molecule has 1 aliphatic rings. The van der Waals surface area contributed by atoms with Gasteiger partial charge in [-0.15, -0.1) is 0 Å². The molecule has 1 fully saturated rings. The molecule has 1 aliphatic heterocycles. The molecular weight excluding hydrogens is 198 g/mol. The van der Waals surface area contributed by atoms with Crippen LogP contribution in [0.2, 0.25) is 0 Å². The fourth-order valence-corrected chi connectivity index (χ4v) is 2.09. The van der Waals surface area contributed by atoms with Crippen LogP contribution in [-0.4, -0.2) is 31.6 Å². The first kappa shape index (κ1) is 9.93. The second kappa shape index (κ2) is 2.67. The Labute approximate surface area is 74.7 Å². The van der Waals surface area contributed by atoms with E-state index in [1.54, 1.807) is 0 Å². The van der Waals surface area contributed by atoms with Crippen molar-refractivity contribution in [2.24, 2.45) is 5.14 Å². The molecule has 4 N–H and O–H groups in total. The van der Waals surface area contributed by atoms with Crippen molar-refractivity contribution >= 4 is 22.0 Å². The number of primary sulfonamides is 1. The average Bonchev–Trinajstić information content (AvgIpc) is 2.00. The van der Waals surface area contributed by atoms with Crippen LogP contribution in [0.25, 0.3) is 0 Å². The molecule has 0 aromatic rings. The maximum atomic E-state index is 11.1. The number of urea groups is 1. The Kier molecular flexibility index (Phi) is 2.04. The van der Waals surface area contributed by atoms with Gasteiger partial charge in [0.15, 0.2) is 0 Å². The molecule has 7 nitrogen and oxygen atoms in total. The van der Waals surface area contributed by atoms with Gasteiger partial charge in [0.25, 0.3) is 5.91 Å². The zero-order valence-electron chi connectivity index (χ0n) is 6.83. The summed E-state index contributed by atoms with van der Waals surface area (Å²) in [6.45, 7) is 1.29. The number of hydrogen-bond donors (Lipinski definition) is 3. The largest absolute Gasteiger partial charge is 0.322 e. The van der Waals surface area contributed by atoms with Crippen LogP contribution in [0.4, 0.5) is 4.79 Å². The quantitative estimate of drug-likeness (QED) is 0.448. The SMILES string of the molecule is C[C@]1(CS(N)(=O)=O)NC(=O)NC1=O. The molecule has 0 unspecified atom stereocenters. The summed E-state index contributed by atoms with van der Waals surface area (Å²) >= 11 is 0. The van der Waals surface area contributed by atoms with Gasteiger partial charge in [-0.25, -0.2) is 18.4 Å². The van der Waals surface area contributed by atoms with Gasteiger partial charge in [0.1, 0.15) is 5.54 Å². The van der Waals surface area contributed by atoms with Gasteiger partial charge in [-0.05, 0) is 6.92 Å². The molecule has 0 bridgehead atoms. The Bertz CT molecular complexity index is 362. The van der Waals surface area contributed by atoms with Crippen LogP contribution >= 0.6 is 0 Å². The summed E-state index contributed by atoms with van der Waals surface area (Å²) in [7, 11) is -3.80. The molecule has 1 saturated heterocycles. The summed E-state index contributed by atoms with van der Waals surface area (Å²) < 4.78 is 21.4. The highest BCUT2D eigenvalue weighted by Gasteiger charge is 2.44. The molecule has 0 aliphatic carbocycles. The summed E-state index contributed by atoms with van der Waals surface area (Å²) in [6.07, 6.45) is 0. The monoisotopic (exact) mass is 207 g/mol. The number of rotatable bonds is 2. The van der Waals surface area contributed by atoms with E-state index >= 15 is 0 Å². The molecule has 3 amide bonds. The van der Waals surface area contributed by atoms with Crippen molar-refractivity contribution in [1.82, 2.24) is 10.6 Å². The highest BCUT2D eigenvalue weighted by atomic mass is 32.2. The molecule has 0 spiro atoms. The lowest BCUT2D eigenvalue weighted by Gasteiger charge is -2.18. The summed E-state index contributed by atoms with van der Waals surface area (Å²) in [4.78, 5) is 21.7. The molecule has 0 radical (unpaired) electrons. The van der Waals surface area contributed by atoms with Gasteiger partial charge in [-0.2, -0.15) is 0 Å². The molecule has 8 heteroatoms. The minimum atomic E-state index is -3.80. The maximum Gasteiger partial charge on any atom is 0.322 e. The van der Waals surface area contributed by atoms with E-state index in [4.69, 9.17) is 5.14 Å². The van der Waals surface area contributed by atoms with E-state index in [9.17, 15) is 18.0 Å². The van der Waals surface area contributed by atoms with Crippen molar-refractivity contribution in [3.05, 3.63) is 0 Å². The highest BCUT2D eigenvalue weighted by Crippen LogP contribution is 2.10. The second-order valence-corrected chi connectivity index (χ2v) is 4.66. The number of nitrogens with two attached hydrogens (primary N) is 1. The fourth-order valence-electron chi connectivity index (χ4n) is 1.08. The number of carbonyl (C=O) groups is 2. The second-order valence-electron chi connectivity index (χ2n) is 3.05. The van der Waals surface area contributed by atoms with Crippen LogP contribution in [0.15, 0.2) is 0 Å². The topological polar surface area (TPSA) is 118 Å². The van der Waals surface area contributed by atoms with E-state index in [2.05, 4.69) is 5.32 Å². The lowest BCUT2D eigenvalue weighted by molar-refractivity contribution is -0.122. The minimum Gasteiger partial charge on any atom is -0.322 e. The van der Waals surface area contributed by atoms with Crippen molar-refractivity contribution < 1.29 is 18.0 Å². The van der Waals surface area contributed by atoms with Gasteiger partial charge >= 0.3 is 6.03 Å². The van der Waals surface area contributed by atoms with Crippen LogP contribution in [0.1, 0.15) is 6.92 Å². The van der Waals surface area contributed by atoms with E-state index < -0.39 is 33.3 Å². The van der Waals surface area contributed by atoms with E-state index in [-0.39, 0.29) is 0 Å². The van der Waals surface area contributed by atoms with Gasteiger partial charge in [0, 0.05) is 0 Å². The summed E-state index contributed by atoms with van der Waals surface area (Å²) in [5.41, 5.74) is -1.45. The van der Waals surface area contributed by atoms with Gasteiger partial charge < -0.3 is 5.32 Å². The predicted molar refractivity (Wildman–Crippen MR) is 43.1 cm³/mol. The van der Waals surface area contributed by atoms with Crippen LogP contribution in [0.5, 0.6) is 0 Å². The molecule has 1 heterocycles. The smallest absolute Gasteiger partial charge is 0.322 e. The van der Waals surface area contributed by atoms with Crippen molar-refractivity contribution in [3.8, 4) is 0 Å². The molecule has 13 heavy (non-hydrogen) atoms. The fraction of sp³-hybridized carbons (Fsp3) is 0.600. The van der Waals surface area contributed by atoms with Crippen molar-refractivity contribution in [1.29, 1.82) is 0 Å². The van der Waals surface area contributed by atoms with Gasteiger partial charge in [0.2, 0.25) is 10.0 Å². The first-order valence-electron chi connectivity index (χ1n) is 3.37. The average molecular weight is 207 g/mol. The summed E-state index contributed by atoms with van der Waals surface area (Å²) in [6, 6.07) is -0.712. The van der Waals surface area contributed by atoms with Crippen molar-refractivity contribution in [2.45, 2.75) is 12.5 Å². The maximum absolute atomic E-state index is 11.1. The molecular formula is C5H9N3O4S. The Balaban J connectivity index is 2.90. The number of hydrogen-bond acceptors (Lipinski definition) is 4.